The van der Waals surface area contributed by atoms with E-state index in [4.69, 9.17) is 0 Å². The number of rotatable bonds is 4. The first-order valence-corrected chi connectivity index (χ1v) is 6.87. The van der Waals surface area contributed by atoms with Crippen molar-refractivity contribution in [2.75, 3.05) is 10.6 Å². The van der Waals surface area contributed by atoms with Crippen LogP contribution in [-0.2, 0) is 4.79 Å². The maximum absolute atomic E-state index is 12.0. The van der Waals surface area contributed by atoms with Crippen LogP contribution in [0.2, 0.25) is 0 Å². The summed E-state index contributed by atoms with van der Waals surface area (Å²) in [6.07, 6.45) is 2.53. The fraction of sp³-hybridized carbons (Fsp3) is 0.188. The highest BCUT2D eigenvalue weighted by molar-refractivity contribution is 6.04. The Balaban J connectivity index is 2.00. The van der Waals surface area contributed by atoms with Gasteiger partial charge in [0.15, 0.2) is 12.4 Å². The van der Waals surface area contributed by atoms with Crippen molar-refractivity contribution in [3.8, 4) is 0 Å². The first kappa shape index (κ1) is 15.5. The van der Waals surface area contributed by atoms with E-state index in [1.165, 1.54) is 24.5 Å². The second-order valence-electron chi connectivity index (χ2n) is 5.12. The fourth-order valence-corrected chi connectivity index (χ4v) is 1.69. The average Bonchev–Trinajstić information content (AvgIpc) is 2.49. The summed E-state index contributed by atoms with van der Waals surface area (Å²) in [4.78, 5) is 23.6. The number of amides is 2. The molecule has 22 heavy (non-hydrogen) atoms. The van der Waals surface area contributed by atoms with E-state index >= 15 is 0 Å². The molecule has 0 spiro atoms. The number of hydrogen-bond acceptors (Lipinski definition) is 3. The van der Waals surface area contributed by atoms with Gasteiger partial charge in [-0.25, -0.2) is 0 Å². The minimum absolute atomic E-state index is 0.0630. The van der Waals surface area contributed by atoms with Gasteiger partial charge in [0.1, 0.15) is 0 Å². The van der Waals surface area contributed by atoms with Gasteiger partial charge in [0.2, 0.25) is 5.91 Å². The largest absolute Gasteiger partial charge is 0.619 e. The van der Waals surface area contributed by atoms with E-state index in [0.29, 0.717) is 21.7 Å². The number of aromatic nitrogens is 1. The van der Waals surface area contributed by atoms with Crippen LogP contribution in [0.4, 0.5) is 11.4 Å². The molecule has 0 fully saturated rings. The third-order valence-corrected chi connectivity index (χ3v) is 3.00. The number of benzene rings is 1. The van der Waals surface area contributed by atoms with E-state index in [-0.39, 0.29) is 17.7 Å². The summed E-state index contributed by atoms with van der Waals surface area (Å²) in [5.41, 5.74) is 1.67. The van der Waals surface area contributed by atoms with Crippen molar-refractivity contribution in [1.29, 1.82) is 0 Å². The zero-order valence-corrected chi connectivity index (χ0v) is 12.4. The molecule has 1 aromatic carbocycles. The molecular formula is C16H17N3O3. The number of hydrogen-bond donors (Lipinski definition) is 2. The lowest BCUT2D eigenvalue weighted by Crippen LogP contribution is -2.25. The summed E-state index contributed by atoms with van der Waals surface area (Å²) < 4.78 is 0.614. The topological polar surface area (TPSA) is 85.1 Å². The van der Waals surface area contributed by atoms with Crippen LogP contribution in [0, 0.1) is 11.1 Å². The third kappa shape index (κ3) is 4.05. The molecule has 6 heteroatoms. The Morgan fingerprint density at radius 2 is 1.45 bits per heavy atom. The zero-order valence-electron chi connectivity index (χ0n) is 12.4. The molecule has 0 bridgehead atoms. The predicted molar refractivity (Wildman–Crippen MR) is 83.3 cm³/mol. The van der Waals surface area contributed by atoms with Crippen LogP contribution in [-0.4, -0.2) is 11.8 Å². The molecule has 1 aromatic heterocycles. The highest BCUT2D eigenvalue weighted by Crippen LogP contribution is 2.15. The van der Waals surface area contributed by atoms with Crippen LogP contribution >= 0.6 is 0 Å². The summed E-state index contributed by atoms with van der Waals surface area (Å²) in [7, 11) is 0. The summed E-state index contributed by atoms with van der Waals surface area (Å²) in [5.74, 6) is -0.465. The minimum Gasteiger partial charge on any atom is -0.619 e. The number of pyridine rings is 1. The molecule has 0 radical (unpaired) electrons. The molecule has 0 atom stereocenters. The van der Waals surface area contributed by atoms with Crippen LogP contribution in [0.1, 0.15) is 24.2 Å². The van der Waals surface area contributed by atoms with Crippen LogP contribution in [0.3, 0.4) is 0 Å². The van der Waals surface area contributed by atoms with Crippen molar-refractivity contribution in [2.24, 2.45) is 5.92 Å². The predicted octanol–water partition coefficient (Wildman–Crippen LogP) is 2.17. The monoisotopic (exact) mass is 299 g/mol. The van der Waals surface area contributed by atoms with Gasteiger partial charge in [0.25, 0.3) is 5.91 Å². The second kappa shape index (κ2) is 6.71. The van der Waals surface area contributed by atoms with E-state index in [2.05, 4.69) is 10.6 Å². The number of anilines is 2. The molecule has 0 saturated carbocycles. The van der Waals surface area contributed by atoms with Crippen molar-refractivity contribution in [3.05, 3.63) is 59.6 Å². The van der Waals surface area contributed by atoms with E-state index < -0.39 is 0 Å². The van der Waals surface area contributed by atoms with Crippen molar-refractivity contribution in [2.45, 2.75) is 13.8 Å². The molecule has 114 valence electrons. The van der Waals surface area contributed by atoms with Gasteiger partial charge in [-0.2, -0.15) is 4.73 Å². The molecule has 0 aliphatic carbocycles. The SMILES string of the molecule is CC(C)C(=O)Nc1ccc(NC(=O)c2cc[n+]([O-])cc2)cc1. The van der Waals surface area contributed by atoms with Crippen LogP contribution in [0.25, 0.3) is 0 Å². The van der Waals surface area contributed by atoms with Crippen molar-refractivity contribution in [3.63, 3.8) is 0 Å². The highest BCUT2D eigenvalue weighted by atomic mass is 16.5. The Hall–Kier alpha value is -2.89. The molecular weight excluding hydrogens is 282 g/mol. The third-order valence-electron chi connectivity index (χ3n) is 3.00. The Labute approximate surface area is 128 Å². The van der Waals surface area contributed by atoms with Crippen LogP contribution in [0.15, 0.2) is 48.8 Å². The Morgan fingerprint density at radius 3 is 1.95 bits per heavy atom. The van der Waals surface area contributed by atoms with E-state index in [1.807, 2.05) is 13.8 Å². The lowest BCUT2D eigenvalue weighted by atomic mass is 10.2. The second-order valence-corrected chi connectivity index (χ2v) is 5.12. The van der Waals surface area contributed by atoms with Gasteiger partial charge in [-0.3, -0.25) is 9.59 Å². The Bertz CT molecular complexity index is 664. The first-order valence-electron chi connectivity index (χ1n) is 6.87. The molecule has 2 N–H and O–H groups in total. The minimum atomic E-state index is -0.306. The molecule has 2 aromatic rings. The molecule has 2 amide bonds. The smallest absolute Gasteiger partial charge is 0.256 e. The zero-order chi connectivity index (χ0) is 16.1. The highest BCUT2D eigenvalue weighted by Gasteiger charge is 2.09. The Morgan fingerprint density at radius 1 is 0.955 bits per heavy atom. The number of carbonyl (C=O) groups excluding carboxylic acids is 2. The first-order chi connectivity index (χ1) is 10.5. The number of nitrogens with one attached hydrogen (secondary N) is 2. The van der Waals surface area contributed by atoms with Gasteiger partial charge in [-0.1, -0.05) is 13.8 Å². The van der Waals surface area contributed by atoms with Gasteiger partial charge >= 0.3 is 0 Å². The maximum atomic E-state index is 12.0. The standard InChI is InChI=1S/C16H17N3O3/c1-11(2)15(20)17-13-3-5-14(6-4-13)18-16(21)12-7-9-19(22)10-8-12/h3-11H,1-2H3,(H,17,20)(H,18,21). The summed E-state index contributed by atoms with van der Waals surface area (Å²) in [5, 5.41) is 16.4. The summed E-state index contributed by atoms with van der Waals surface area (Å²) in [6.45, 7) is 3.63. The van der Waals surface area contributed by atoms with Gasteiger partial charge in [-0.05, 0) is 24.3 Å². The average molecular weight is 299 g/mol. The van der Waals surface area contributed by atoms with Crippen LogP contribution < -0.4 is 15.4 Å². The van der Waals surface area contributed by atoms with Crippen LogP contribution in [0.5, 0.6) is 0 Å². The quantitative estimate of drug-likeness (QED) is 0.670. The number of carbonyl (C=O) groups is 2. The van der Waals surface area contributed by atoms with Gasteiger partial charge < -0.3 is 15.8 Å². The molecule has 2 rings (SSSR count). The van der Waals surface area contributed by atoms with Gasteiger partial charge in [0, 0.05) is 29.4 Å². The molecule has 6 nitrogen and oxygen atoms in total. The number of nitrogens with zero attached hydrogens (tertiary/aromatic N) is 1. The lowest BCUT2D eigenvalue weighted by molar-refractivity contribution is -0.605. The van der Waals surface area contributed by atoms with Crippen molar-refractivity contribution in [1.82, 2.24) is 0 Å². The van der Waals surface area contributed by atoms with Crippen molar-refractivity contribution < 1.29 is 14.3 Å². The molecule has 0 aliphatic heterocycles. The van der Waals surface area contributed by atoms with Crippen molar-refractivity contribution >= 4 is 23.2 Å². The van der Waals surface area contributed by atoms with Gasteiger partial charge in [-0.15, -0.1) is 0 Å². The van der Waals surface area contributed by atoms with Gasteiger partial charge in [0.05, 0.1) is 5.56 Å². The van der Waals surface area contributed by atoms with E-state index in [1.54, 1.807) is 24.3 Å². The molecule has 0 saturated heterocycles. The molecule has 1 heterocycles. The lowest BCUT2D eigenvalue weighted by Gasteiger charge is -2.09. The van der Waals surface area contributed by atoms with E-state index in [9.17, 15) is 14.8 Å². The normalized spacial score (nSPS) is 10.3. The fourth-order valence-electron chi connectivity index (χ4n) is 1.69. The summed E-state index contributed by atoms with van der Waals surface area (Å²) in [6, 6.07) is 9.72. The summed E-state index contributed by atoms with van der Waals surface area (Å²) >= 11 is 0. The molecule has 0 unspecified atom stereocenters. The molecule has 0 aliphatic rings. The Kier molecular flexibility index (Phi) is 4.73. The van der Waals surface area contributed by atoms with E-state index in [0.717, 1.165) is 0 Å². The maximum Gasteiger partial charge on any atom is 0.256 e.